The fourth-order valence-electron chi connectivity index (χ4n) is 2.70. The summed E-state index contributed by atoms with van der Waals surface area (Å²) in [5, 5.41) is 8.60. The number of aliphatic carboxylic acids is 1. The quantitative estimate of drug-likeness (QED) is 0.854. The minimum atomic E-state index is -0.940. The lowest BCUT2D eigenvalue weighted by atomic mass is 10.1. The van der Waals surface area contributed by atoms with Crippen LogP contribution in [-0.2, 0) is 14.4 Å². The molecular formula is C16H18F2N2O4. The monoisotopic (exact) mass is 340 g/mol. The molecule has 1 atom stereocenters. The zero-order valence-corrected chi connectivity index (χ0v) is 13.2. The molecule has 1 heterocycles. The predicted octanol–water partition coefficient (Wildman–Crippen LogP) is 1.64. The normalized spacial score (nSPS) is 17.2. The van der Waals surface area contributed by atoms with Gasteiger partial charge in [-0.25, -0.2) is 8.78 Å². The van der Waals surface area contributed by atoms with Gasteiger partial charge in [0.15, 0.2) is 0 Å². The lowest BCUT2D eigenvalue weighted by Gasteiger charge is -2.21. The highest BCUT2D eigenvalue weighted by molar-refractivity contribution is 6.00. The topological polar surface area (TPSA) is 77.9 Å². The van der Waals surface area contributed by atoms with Gasteiger partial charge in [0.1, 0.15) is 11.6 Å². The molecule has 0 bridgehead atoms. The Kier molecular flexibility index (Phi) is 5.48. The van der Waals surface area contributed by atoms with E-state index >= 15 is 0 Å². The lowest BCUT2D eigenvalue weighted by Crippen LogP contribution is -2.35. The summed E-state index contributed by atoms with van der Waals surface area (Å²) in [5.41, 5.74) is -0.0507. The molecule has 24 heavy (non-hydrogen) atoms. The van der Waals surface area contributed by atoms with Gasteiger partial charge in [-0.3, -0.25) is 14.4 Å². The number of carboxylic acid groups (broad SMARTS) is 1. The molecule has 130 valence electrons. The SMILES string of the molecule is CN(CCCC(=O)O)C(=O)C1CC(=O)N(c2ccc(F)cc2F)C1. The molecular weight excluding hydrogens is 322 g/mol. The number of carbonyl (C=O) groups excluding carboxylic acids is 2. The Balaban J connectivity index is 2.00. The van der Waals surface area contributed by atoms with Gasteiger partial charge in [-0.1, -0.05) is 0 Å². The van der Waals surface area contributed by atoms with E-state index in [4.69, 9.17) is 5.11 Å². The minimum absolute atomic E-state index is 0.0174. The first-order valence-electron chi connectivity index (χ1n) is 7.51. The van der Waals surface area contributed by atoms with Crippen molar-refractivity contribution in [2.24, 2.45) is 5.92 Å². The van der Waals surface area contributed by atoms with Gasteiger partial charge in [-0.2, -0.15) is 0 Å². The van der Waals surface area contributed by atoms with Gasteiger partial charge in [0.05, 0.1) is 11.6 Å². The second-order valence-corrected chi connectivity index (χ2v) is 5.76. The molecule has 1 aromatic rings. The second-order valence-electron chi connectivity index (χ2n) is 5.76. The van der Waals surface area contributed by atoms with Crippen LogP contribution in [0.5, 0.6) is 0 Å². The van der Waals surface area contributed by atoms with Gasteiger partial charge < -0.3 is 14.9 Å². The third kappa shape index (κ3) is 4.06. The molecule has 0 radical (unpaired) electrons. The molecule has 1 aliphatic rings. The molecule has 0 saturated carbocycles. The van der Waals surface area contributed by atoms with Crippen molar-refractivity contribution in [3.63, 3.8) is 0 Å². The molecule has 0 aromatic heterocycles. The number of carbonyl (C=O) groups is 3. The van der Waals surface area contributed by atoms with Crippen LogP contribution in [0.2, 0.25) is 0 Å². The van der Waals surface area contributed by atoms with Gasteiger partial charge >= 0.3 is 5.97 Å². The first-order valence-corrected chi connectivity index (χ1v) is 7.51. The highest BCUT2D eigenvalue weighted by Gasteiger charge is 2.37. The number of rotatable bonds is 6. The first-order chi connectivity index (χ1) is 11.3. The van der Waals surface area contributed by atoms with Crippen LogP contribution in [-0.4, -0.2) is 47.9 Å². The molecule has 2 amide bonds. The molecule has 1 saturated heterocycles. The smallest absolute Gasteiger partial charge is 0.303 e. The number of hydrogen-bond acceptors (Lipinski definition) is 3. The van der Waals surface area contributed by atoms with Crippen LogP contribution in [0.25, 0.3) is 0 Å². The highest BCUT2D eigenvalue weighted by atomic mass is 19.1. The third-order valence-electron chi connectivity index (χ3n) is 3.94. The molecule has 1 fully saturated rings. The van der Waals surface area contributed by atoms with Crippen molar-refractivity contribution < 1.29 is 28.3 Å². The Morgan fingerprint density at radius 3 is 2.71 bits per heavy atom. The van der Waals surface area contributed by atoms with Crippen molar-refractivity contribution in [1.29, 1.82) is 0 Å². The number of carboxylic acids is 1. The zero-order valence-electron chi connectivity index (χ0n) is 13.2. The van der Waals surface area contributed by atoms with Crippen LogP contribution >= 0.6 is 0 Å². The number of benzene rings is 1. The summed E-state index contributed by atoms with van der Waals surface area (Å²) in [4.78, 5) is 37.4. The summed E-state index contributed by atoms with van der Waals surface area (Å²) < 4.78 is 26.8. The Morgan fingerprint density at radius 1 is 1.38 bits per heavy atom. The number of nitrogens with zero attached hydrogens (tertiary/aromatic N) is 2. The average molecular weight is 340 g/mol. The maximum atomic E-state index is 13.8. The molecule has 1 aromatic carbocycles. The van der Waals surface area contributed by atoms with Crippen LogP contribution < -0.4 is 4.90 Å². The fraction of sp³-hybridized carbons (Fsp3) is 0.438. The van der Waals surface area contributed by atoms with E-state index in [1.54, 1.807) is 0 Å². The van der Waals surface area contributed by atoms with Gasteiger partial charge in [-0.15, -0.1) is 0 Å². The van der Waals surface area contributed by atoms with E-state index < -0.39 is 29.4 Å². The largest absolute Gasteiger partial charge is 0.481 e. The minimum Gasteiger partial charge on any atom is -0.481 e. The van der Waals surface area contributed by atoms with Crippen LogP contribution in [0, 0.1) is 17.6 Å². The zero-order chi connectivity index (χ0) is 17.9. The number of amides is 2. The van der Waals surface area contributed by atoms with Crippen LogP contribution in [0.15, 0.2) is 18.2 Å². The van der Waals surface area contributed by atoms with Crippen molar-refractivity contribution in [2.45, 2.75) is 19.3 Å². The molecule has 0 spiro atoms. The van der Waals surface area contributed by atoms with Crippen LogP contribution in [0.1, 0.15) is 19.3 Å². The van der Waals surface area contributed by atoms with E-state index in [0.717, 1.165) is 11.0 Å². The third-order valence-corrected chi connectivity index (χ3v) is 3.94. The summed E-state index contributed by atoms with van der Waals surface area (Å²) >= 11 is 0. The van der Waals surface area contributed by atoms with Gasteiger partial charge in [-0.05, 0) is 18.6 Å². The van der Waals surface area contributed by atoms with E-state index in [1.165, 1.54) is 18.0 Å². The van der Waals surface area contributed by atoms with Crippen molar-refractivity contribution in [3.8, 4) is 0 Å². The van der Waals surface area contributed by atoms with Gasteiger partial charge in [0, 0.05) is 39.0 Å². The number of anilines is 1. The molecule has 1 N–H and O–H groups in total. The molecule has 2 rings (SSSR count). The standard InChI is InChI=1S/C16H18F2N2O4/c1-19(6-2-3-15(22)23)16(24)10-7-14(21)20(9-10)13-5-4-11(17)8-12(13)18/h4-5,8,10H,2-3,6-7,9H2,1H3,(H,22,23). The predicted molar refractivity (Wildman–Crippen MR) is 81.3 cm³/mol. The molecule has 1 unspecified atom stereocenters. The molecule has 6 nitrogen and oxygen atoms in total. The molecule has 8 heteroatoms. The Bertz CT molecular complexity index is 665. The van der Waals surface area contributed by atoms with Gasteiger partial charge in [0.2, 0.25) is 11.8 Å². The summed E-state index contributed by atoms with van der Waals surface area (Å²) in [6, 6.07) is 2.92. The first kappa shape index (κ1) is 17.8. The summed E-state index contributed by atoms with van der Waals surface area (Å²) in [7, 11) is 1.54. The average Bonchev–Trinajstić information content (AvgIpc) is 2.87. The van der Waals surface area contributed by atoms with Crippen LogP contribution in [0.4, 0.5) is 14.5 Å². The fourth-order valence-corrected chi connectivity index (χ4v) is 2.70. The van der Waals surface area contributed by atoms with E-state index in [0.29, 0.717) is 12.5 Å². The van der Waals surface area contributed by atoms with Crippen molar-refractivity contribution in [1.82, 2.24) is 4.90 Å². The van der Waals surface area contributed by atoms with Crippen molar-refractivity contribution >= 4 is 23.5 Å². The highest BCUT2D eigenvalue weighted by Crippen LogP contribution is 2.28. The summed E-state index contributed by atoms with van der Waals surface area (Å²) in [6.45, 7) is 0.282. The van der Waals surface area contributed by atoms with Crippen molar-refractivity contribution in [3.05, 3.63) is 29.8 Å². The van der Waals surface area contributed by atoms with E-state index in [-0.39, 0.29) is 37.5 Å². The Labute approximate surface area is 137 Å². The maximum Gasteiger partial charge on any atom is 0.303 e. The Hall–Kier alpha value is -2.51. The number of hydrogen-bond donors (Lipinski definition) is 1. The lowest BCUT2D eigenvalue weighted by molar-refractivity contribution is -0.138. The summed E-state index contributed by atoms with van der Waals surface area (Å²) in [5.74, 6) is -3.86. The second kappa shape index (κ2) is 7.37. The molecule has 0 aliphatic carbocycles. The molecule has 1 aliphatic heterocycles. The van der Waals surface area contributed by atoms with E-state index in [2.05, 4.69) is 0 Å². The van der Waals surface area contributed by atoms with E-state index in [1.807, 2.05) is 0 Å². The summed E-state index contributed by atoms with van der Waals surface area (Å²) in [6.07, 6.45) is 0.210. The van der Waals surface area contributed by atoms with Gasteiger partial charge in [0.25, 0.3) is 0 Å². The van der Waals surface area contributed by atoms with Crippen molar-refractivity contribution in [2.75, 3.05) is 25.0 Å². The van der Waals surface area contributed by atoms with Crippen LogP contribution in [0.3, 0.4) is 0 Å². The Morgan fingerprint density at radius 2 is 2.08 bits per heavy atom. The van der Waals surface area contributed by atoms with E-state index in [9.17, 15) is 23.2 Å². The maximum absolute atomic E-state index is 13.8. The number of halogens is 2.